The van der Waals surface area contributed by atoms with Gasteiger partial charge in [-0.2, -0.15) is 0 Å². The smallest absolute Gasteiger partial charge is 0.314 e. The number of rotatable bonds is 4. The minimum absolute atomic E-state index is 0.0884. The third-order valence-corrected chi connectivity index (χ3v) is 5.64. The second-order valence-corrected chi connectivity index (χ2v) is 7.60. The Morgan fingerprint density at radius 1 is 1.14 bits per heavy atom. The highest BCUT2D eigenvalue weighted by molar-refractivity contribution is 5.80. The van der Waals surface area contributed by atoms with E-state index in [0.29, 0.717) is 32.6 Å². The lowest BCUT2D eigenvalue weighted by Gasteiger charge is -2.35. The van der Waals surface area contributed by atoms with Gasteiger partial charge in [0.25, 0.3) is 0 Å². The number of hydrogen-bond donors (Lipinski definition) is 1. The number of fused-ring (bicyclic) bond motifs is 1. The Morgan fingerprint density at radius 2 is 1.96 bits per heavy atom. The zero-order valence-electron chi connectivity index (χ0n) is 16.0. The van der Waals surface area contributed by atoms with E-state index in [1.54, 1.807) is 4.90 Å². The van der Waals surface area contributed by atoms with E-state index in [-0.39, 0.29) is 11.8 Å². The molecule has 2 aromatic rings. The minimum Gasteiger partial charge on any atom is -0.445 e. The first-order valence-corrected chi connectivity index (χ1v) is 9.94. The number of amides is 3. The van der Waals surface area contributed by atoms with Crippen LogP contribution in [0.4, 0.5) is 4.79 Å². The summed E-state index contributed by atoms with van der Waals surface area (Å²) in [4.78, 5) is 32.4. The van der Waals surface area contributed by atoms with Gasteiger partial charge in [0.2, 0.25) is 5.91 Å². The van der Waals surface area contributed by atoms with E-state index in [2.05, 4.69) is 17.1 Å². The molecule has 7 heteroatoms. The predicted octanol–water partition coefficient (Wildman–Crippen LogP) is 2.14. The summed E-state index contributed by atoms with van der Waals surface area (Å²) >= 11 is 0. The van der Waals surface area contributed by atoms with Crippen molar-refractivity contribution in [2.45, 2.75) is 38.6 Å². The zero-order valence-corrected chi connectivity index (χ0v) is 16.0. The summed E-state index contributed by atoms with van der Waals surface area (Å²) in [6.07, 6.45) is 3.93. The van der Waals surface area contributed by atoms with Gasteiger partial charge in [-0.15, -0.1) is 0 Å². The topological polar surface area (TPSA) is 92.7 Å². The van der Waals surface area contributed by atoms with Crippen molar-refractivity contribution in [2.24, 2.45) is 11.7 Å². The van der Waals surface area contributed by atoms with Crippen LogP contribution in [0.5, 0.6) is 0 Å². The largest absolute Gasteiger partial charge is 0.445 e. The predicted molar refractivity (Wildman–Crippen MR) is 103 cm³/mol. The Kier molecular flexibility index (Phi) is 5.32. The fourth-order valence-corrected chi connectivity index (χ4v) is 4.08. The maximum Gasteiger partial charge on any atom is 0.314 e. The highest BCUT2D eigenvalue weighted by atomic mass is 16.4. The zero-order chi connectivity index (χ0) is 19.5. The van der Waals surface area contributed by atoms with Crippen LogP contribution in [-0.4, -0.2) is 46.4 Å². The molecule has 1 aromatic carbocycles. The molecule has 28 heavy (non-hydrogen) atoms. The van der Waals surface area contributed by atoms with Crippen LogP contribution in [0.1, 0.15) is 35.7 Å². The third kappa shape index (κ3) is 4.03. The number of oxazole rings is 1. The van der Waals surface area contributed by atoms with E-state index < -0.39 is 6.03 Å². The number of benzene rings is 1. The number of nitrogens with two attached hydrogens (primary N) is 1. The molecule has 0 aliphatic carbocycles. The number of carbonyl (C=O) groups excluding carboxylic acids is 2. The average molecular weight is 382 g/mol. The van der Waals surface area contributed by atoms with Gasteiger partial charge >= 0.3 is 6.03 Å². The van der Waals surface area contributed by atoms with E-state index in [9.17, 15) is 9.59 Å². The Balaban J connectivity index is 1.37. The second-order valence-electron chi connectivity index (χ2n) is 7.60. The third-order valence-electron chi connectivity index (χ3n) is 5.64. The maximum atomic E-state index is 12.9. The van der Waals surface area contributed by atoms with Crippen LogP contribution in [-0.2, 0) is 30.6 Å². The number of aryl methyl sites for hydroxylation is 2. The average Bonchev–Trinajstić information content (AvgIpc) is 3.14. The van der Waals surface area contributed by atoms with Crippen molar-refractivity contribution >= 4 is 11.9 Å². The summed E-state index contributed by atoms with van der Waals surface area (Å²) in [6.45, 7) is 2.16. The first-order valence-electron chi connectivity index (χ1n) is 9.94. The molecule has 7 nitrogen and oxygen atoms in total. The molecule has 0 spiro atoms. The molecule has 3 heterocycles. The molecule has 1 unspecified atom stereocenters. The first kappa shape index (κ1) is 18.5. The van der Waals surface area contributed by atoms with Crippen LogP contribution in [0.25, 0.3) is 0 Å². The molecule has 2 aliphatic rings. The van der Waals surface area contributed by atoms with Crippen molar-refractivity contribution in [2.75, 3.05) is 19.6 Å². The molecule has 0 saturated carbocycles. The molecule has 2 aliphatic heterocycles. The normalized spacial score (nSPS) is 19.4. The van der Waals surface area contributed by atoms with Crippen molar-refractivity contribution in [1.29, 1.82) is 0 Å². The quantitative estimate of drug-likeness (QED) is 0.877. The summed E-state index contributed by atoms with van der Waals surface area (Å²) < 4.78 is 5.93. The van der Waals surface area contributed by atoms with Crippen molar-refractivity contribution in [3.05, 3.63) is 53.2 Å². The molecule has 1 fully saturated rings. The Morgan fingerprint density at radius 3 is 2.75 bits per heavy atom. The van der Waals surface area contributed by atoms with Crippen LogP contribution in [0, 0.1) is 5.92 Å². The van der Waals surface area contributed by atoms with Gasteiger partial charge in [-0.1, -0.05) is 30.3 Å². The molecule has 148 valence electrons. The summed E-state index contributed by atoms with van der Waals surface area (Å²) in [5.41, 5.74) is 7.51. The van der Waals surface area contributed by atoms with E-state index in [4.69, 9.17) is 10.2 Å². The number of urea groups is 1. The van der Waals surface area contributed by atoms with E-state index >= 15 is 0 Å². The van der Waals surface area contributed by atoms with E-state index in [0.717, 1.165) is 43.0 Å². The number of likely N-dealkylation sites (tertiary alicyclic amines) is 1. The number of piperidine rings is 1. The first-order chi connectivity index (χ1) is 13.6. The fourth-order valence-electron chi connectivity index (χ4n) is 4.08. The van der Waals surface area contributed by atoms with E-state index in [1.807, 2.05) is 23.1 Å². The molecular formula is C21H26N4O3. The summed E-state index contributed by atoms with van der Waals surface area (Å²) in [5.74, 6) is 1.55. The van der Waals surface area contributed by atoms with Gasteiger partial charge in [-0.05, 0) is 24.8 Å². The van der Waals surface area contributed by atoms with Crippen molar-refractivity contribution in [1.82, 2.24) is 14.8 Å². The molecule has 0 radical (unpaired) electrons. The van der Waals surface area contributed by atoms with Gasteiger partial charge < -0.3 is 20.0 Å². The fraction of sp³-hybridized carbons (Fsp3) is 0.476. The summed E-state index contributed by atoms with van der Waals surface area (Å²) in [6, 6.07) is 9.83. The maximum absolute atomic E-state index is 12.9. The molecule has 1 aromatic heterocycles. The lowest BCUT2D eigenvalue weighted by Crippen LogP contribution is -2.49. The van der Waals surface area contributed by atoms with Crippen LogP contribution in [0.15, 0.2) is 34.7 Å². The van der Waals surface area contributed by atoms with Gasteiger partial charge in [0.15, 0.2) is 5.89 Å². The van der Waals surface area contributed by atoms with Crippen LogP contribution in [0.3, 0.4) is 0 Å². The highest BCUT2D eigenvalue weighted by Crippen LogP contribution is 2.25. The second kappa shape index (κ2) is 8.04. The lowest BCUT2D eigenvalue weighted by atomic mass is 9.96. The molecule has 4 rings (SSSR count). The van der Waals surface area contributed by atoms with E-state index in [1.165, 1.54) is 5.56 Å². The van der Waals surface area contributed by atoms with Crippen LogP contribution >= 0.6 is 0 Å². The van der Waals surface area contributed by atoms with Gasteiger partial charge in [-0.25, -0.2) is 9.78 Å². The number of hydrogen-bond acceptors (Lipinski definition) is 4. The summed E-state index contributed by atoms with van der Waals surface area (Å²) in [5, 5.41) is 0. The molecular weight excluding hydrogens is 356 g/mol. The number of primary amides is 1. The SMILES string of the molecule is NC(=O)N1CCCC(C(=O)N2CCc3oc(CCc4ccccc4)nc3C2)C1. The number of aromatic nitrogens is 1. The Labute approximate surface area is 164 Å². The van der Waals surface area contributed by atoms with Crippen molar-refractivity contribution in [3.63, 3.8) is 0 Å². The van der Waals surface area contributed by atoms with Gasteiger partial charge in [0.1, 0.15) is 11.5 Å². The Bertz CT molecular complexity index is 849. The molecule has 1 atom stereocenters. The molecule has 1 saturated heterocycles. The van der Waals surface area contributed by atoms with Crippen LogP contribution < -0.4 is 5.73 Å². The molecule has 2 N–H and O–H groups in total. The standard InChI is InChI=1S/C21H26N4O3/c22-21(27)25-11-4-7-16(13-25)20(26)24-12-10-18-17(14-24)23-19(28-18)9-8-15-5-2-1-3-6-15/h1-3,5-6,16H,4,7-14H2,(H2,22,27). The van der Waals surface area contributed by atoms with Crippen molar-refractivity contribution in [3.8, 4) is 0 Å². The molecule has 3 amide bonds. The highest BCUT2D eigenvalue weighted by Gasteiger charge is 2.33. The van der Waals surface area contributed by atoms with Crippen molar-refractivity contribution < 1.29 is 14.0 Å². The Hall–Kier alpha value is -2.83. The minimum atomic E-state index is -0.446. The number of nitrogens with zero attached hydrogens (tertiary/aromatic N) is 3. The lowest BCUT2D eigenvalue weighted by molar-refractivity contribution is -0.138. The van der Waals surface area contributed by atoms with Gasteiger partial charge in [0.05, 0.1) is 12.5 Å². The van der Waals surface area contributed by atoms with Crippen LogP contribution in [0.2, 0.25) is 0 Å². The number of carbonyl (C=O) groups is 2. The molecule has 0 bridgehead atoms. The summed E-state index contributed by atoms with van der Waals surface area (Å²) in [7, 11) is 0. The monoisotopic (exact) mass is 382 g/mol. The van der Waals surface area contributed by atoms with Gasteiger partial charge in [0, 0.05) is 32.5 Å². The van der Waals surface area contributed by atoms with Gasteiger partial charge in [-0.3, -0.25) is 4.79 Å².